The molecule has 0 bridgehead atoms. The molecule has 6 nitrogen and oxygen atoms in total. The molecular weight excluding hydrogens is 394 g/mol. The number of carbonyl (C=O) groups is 2. The summed E-state index contributed by atoms with van der Waals surface area (Å²) in [6.45, 7) is -0.224. The van der Waals surface area contributed by atoms with Crippen LogP contribution >= 0.6 is 0 Å². The van der Waals surface area contributed by atoms with Gasteiger partial charge >= 0.3 is 5.97 Å². The molecule has 1 aliphatic rings. The normalized spacial score (nSPS) is 13.7. The number of esters is 1. The molecule has 0 saturated heterocycles. The summed E-state index contributed by atoms with van der Waals surface area (Å²) in [6.07, 6.45) is -0.567. The second-order valence-electron chi connectivity index (χ2n) is 5.96. The van der Waals surface area contributed by atoms with Crippen molar-refractivity contribution in [2.45, 2.75) is 19.4 Å². The first-order valence-corrected chi connectivity index (χ1v) is 8.21. The van der Waals surface area contributed by atoms with Gasteiger partial charge in [-0.3, -0.25) is 4.79 Å². The summed E-state index contributed by atoms with van der Waals surface area (Å²) in [4.78, 5) is 24.2. The summed E-state index contributed by atoms with van der Waals surface area (Å²) in [7, 11) is 0. The summed E-state index contributed by atoms with van der Waals surface area (Å²) in [5.41, 5.74) is -0.848. The third-order valence-corrected chi connectivity index (χ3v) is 3.99. The number of ether oxygens (including phenoxy) is 1. The quantitative estimate of drug-likeness (QED) is 0.444. The Morgan fingerprint density at radius 1 is 1.14 bits per heavy atom. The van der Waals surface area contributed by atoms with E-state index >= 15 is 0 Å². The average Bonchev–Trinajstić information content (AvgIpc) is 2.72. The van der Waals surface area contributed by atoms with Crippen LogP contribution in [-0.4, -0.2) is 17.6 Å². The molecule has 2 aromatic carbocycles. The van der Waals surface area contributed by atoms with Crippen LogP contribution in [0.3, 0.4) is 0 Å². The van der Waals surface area contributed by atoms with Crippen molar-refractivity contribution in [1.29, 1.82) is 5.26 Å². The van der Waals surface area contributed by atoms with Gasteiger partial charge in [0.2, 0.25) is 5.91 Å². The van der Waals surface area contributed by atoms with Crippen LogP contribution in [-0.2, 0) is 20.9 Å². The predicted molar refractivity (Wildman–Crippen MR) is 91.4 cm³/mol. The van der Waals surface area contributed by atoms with E-state index in [9.17, 15) is 27.2 Å². The van der Waals surface area contributed by atoms with E-state index in [1.165, 1.54) is 6.07 Å². The number of amides is 1. The highest BCUT2D eigenvalue weighted by Crippen LogP contribution is 2.30. The van der Waals surface area contributed by atoms with Crippen LogP contribution in [0.2, 0.25) is 0 Å². The third-order valence-electron chi connectivity index (χ3n) is 3.99. The summed E-state index contributed by atoms with van der Waals surface area (Å²) >= 11 is 0. The van der Waals surface area contributed by atoms with Crippen LogP contribution in [0.4, 0.5) is 23.2 Å². The lowest BCUT2D eigenvalue weighted by atomic mass is 10.1. The summed E-state index contributed by atoms with van der Waals surface area (Å²) in [5.74, 6) is -9.00. The number of rotatable bonds is 4. The maximum atomic E-state index is 14.0. The van der Waals surface area contributed by atoms with Crippen LogP contribution in [0.15, 0.2) is 35.4 Å². The summed E-state index contributed by atoms with van der Waals surface area (Å²) in [6, 6.07) is 8.16. The zero-order chi connectivity index (χ0) is 21.1. The molecule has 0 aliphatic carbocycles. The number of benzene rings is 2. The summed E-state index contributed by atoms with van der Waals surface area (Å²) < 4.78 is 59.9. The predicted octanol–water partition coefficient (Wildman–Crippen LogP) is 3.34. The molecule has 0 atom stereocenters. The maximum absolute atomic E-state index is 14.0. The highest BCUT2D eigenvalue weighted by atomic mass is 19.2. The Balaban J connectivity index is 1.85. The molecule has 0 unspecified atom stereocenters. The summed E-state index contributed by atoms with van der Waals surface area (Å²) in [5, 5.41) is 12.5. The standard InChI is InChI=1S/C19H11F4N3O3/c20-12-7-13(21)17(23)18(16(12)22)26-15(27)5-4-14(25-26)19(28)29-9-11-3-1-2-10(6-11)8-24/h1-3,6-7H,4-5,9H2. The third kappa shape index (κ3) is 4.08. The van der Waals surface area contributed by atoms with Gasteiger partial charge in [-0.2, -0.15) is 15.4 Å². The van der Waals surface area contributed by atoms with Crippen molar-refractivity contribution in [1.82, 2.24) is 0 Å². The van der Waals surface area contributed by atoms with E-state index in [2.05, 4.69) is 5.10 Å². The molecule has 0 radical (unpaired) electrons. The highest BCUT2D eigenvalue weighted by Gasteiger charge is 2.32. The molecule has 0 spiro atoms. The zero-order valence-corrected chi connectivity index (χ0v) is 14.6. The Morgan fingerprint density at radius 2 is 1.83 bits per heavy atom. The minimum atomic E-state index is -1.82. The van der Waals surface area contributed by atoms with E-state index in [0.29, 0.717) is 11.1 Å². The Bertz CT molecular complexity index is 1050. The molecule has 0 aromatic heterocycles. The van der Waals surface area contributed by atoms with Crippen LogP contribution in [0, 0.1) is 34.6 Å². The number of hydrazone groups is 1. The van der Waals surface area contributed by atoms with Crippen molar-refractivity contribution in [2.75, 3.05) is 5.01 Å². The monoisotopic (exact) mass is 405 g/mol. The van der Waals surface area contributed by atoms with Gasteiger partial charge in [-0.05, 0) is 17.7 Å². The molecule has 0 N–H and O–H groups in total. The first kappa shape index (κ1) is 20.0. The Kier molecular flexibility index (Phi) is 5.59. The largest absolute Gasteiger partial charge is 0.456 e. The molecule has 148 valence electrons. The van der Waals surface area contributed by atoms with Crippen LogP contribution in [0.1, 0.15) is 24.0 Å². The van der Waals surface area contributed by atoms with Crippen molar-refractivity contribution in [2.24, 2.45) is 5.10 Å². The Labute approximate surface area is 161 Å². The molecule has 2 aromatic rings. The lowest BCUT2D eigenvalue weighted by molar-refractivity contribution is -0.137. The van der Waals surface area contributed by atoms with Crippen LogP contribution in [0.5, 0.6) is 0 Å². The minimum Gasteiger partial charge on any atom is -0.456 e. The van der Waals surface area contributed by atoms with Crippen LogP contribution in [0.25, 0.3) is 0 Å². The number of hydrogen-bond donors (Lipinski definition) is 0. The molecule has 0 saturated carbocycles. The van der Waals surface area contributed by atoms with Gasteiger partial charge in [-0.1, -0.05) is 12.1 Å². The Hall–Kier alpha value is -3.74. The number of halogens is 4. The van der Waals surface area contributed by atoms with Gasteiger partial charge in [-0.25, -0.2) is 22.4 Å². The fourth-order valence-corrected chi connectivity index (χ4v) is 2.58. The van der Waals surface area contributed by atoms with E-state index in [1.54, 1.807) is 18.2 Å². The first-order valence-electron chi connectivity index (χ1n) is 8.21. The Morgan fingerprint density at radius 3 is 2.48 bits per heavy atom. The van der Waals surface area contributed by atoms with E-state index in [4.69, 9.17) is 10.00 Å². The van der Waals surface area contributed by atoms with Gasteiger partial charge in [0, 0.05) is 18.9 Å². The van der Waals surface area contributed by atoms with Gasteiger partial charge < -0.3 is 4.74 Å². The molecular formula is C19H11F4N3O3. The van der Waals surface area contributed by atoms with Crippen molar-refractivity contribution >= 4 is 23.3 Å². The SMILES string of the molecule is N#Cc1cccc(COC(=O)C2=NN(c3c(F)c(F)cc(F)c3F)C(=O)CC2)c1. The molecule has 1 amide bonds. The van der Waals surface area contributed by atoms with Gasteiger partial charge in [0.25, 0.3) is 0 Å². The molecule has 10 heteroatoms. The van der Waals surface area contributed by atoms with E-state index in [-0.39, 0.29) is 36.2 Å². The van der Waals surface area contributed by atoms with Crippen molar-refractivity contribution < 1.29 is 31.9 Å². The number of anilines is 1. The maximum Gasteiger partial charge on any atom is 0.354 e. The molecule has 0 fully saturated rings. The molecule has 1 aliphatic heterocycles. The molecule has 3 rings (SSSR count). The molecule has 1 heterocycles. The highest BCUT2D eigenvalue weighted by molar-refractivity contribution is 6.38. The number of nitriles is 1. The second-order valence-corrected chi connectivity index (χ2v) is 5.96. The van der Waals surface area contributed by atoms with E-state index < -0.39 is 40.8 Å². The van der Waals surface area contributed by atoms with E-state index in [1.807, 2.05) is 6.07 Å². The fraction of sp³-hybridized carbons (Fsp3) is 0.158. The smallest absolute Gasteiger partial charge is 0.354 e. The topological polar surface area (TPSA) is 82.8 Å². The van der Waals surface area contributed by atoms with Gasteiger partial charge in [0.1, 0.15) is 18.0 Å². The first-order chi connectivity index (χ1) is 13.8. The number of nitrogens with zero attached hydrogens (tertiary/aromatic N) is 3. The second kappa shape index (κ2) is 8.10. The molecule has 29 heavy (non-hydrogen) atoms. The fourth-order valence-electron chi connectivity index (χ4n) is 2.58. The van der Waals surface area contributed by atoms with Crippen molar-refractivity contribution in [3.8, 4) is 6.07 Å². The minimum absolute atomic E-state index is 0.00314. The zero-order valence-electron chi connectivity index (χ0n) is 14.6. The number of carbonyl (C=O) groups excluding carboxylic acids is 2. The van der Waals surface area contributed by atoms with E-state index in [0.717, 1.165) is 0 Å². The van der Waals surface area contributed by atoms with Crippen molar-refractivity contribution in [3.63, 3.8) is 0 Å². The lowest BCUT2D eigenvalue weighted by Gasteiger charge is -2.23. The lowest BCUT2D eigenvalue weighted by Crippen LogP contribution is -2.36. The van der Waals surface area contributed by atoms with Crippen LogP contribution < -0.4 is 5.01 Å². The van der Waals surface area contributed by atoms with Gasteiger partial charge in [0.15, 0.2) is 23.3 Å². The number of hydrogen-bond acceptors (Lipinski definition) is 5. The van der Waals surface area contributed by atoms with Gasteiger partial charge in [-0.15, -0.1) is 0 Å². The average molecular weight is 405 g/mol. The van der Waals surface area contributed by atoms with Crippen molar-refractivity contribution in [3.05, 3.63) is 64.7 Å². The van der Waals surface area contributed by atoms with Gasteiger partial charge in [0.05, 0.1) is 11.6 Å².